The normalized spacial score (nSPS) is 11.1. The van der Waals surface area contributed by atoms with Crippen molar-refractivity contribution in [3.8, 4) is 0 Å². The number of carbonyl (C=O) groups excluding carboxylic acids is 1. The number of unbranched alkanes of at least 4 members (excludes halogenated alkanes) is 17. The number of rotatable bonds is 24. The van der Waals surface area contributed by atoms with Crippen molar-refractivity contribution in [3.63, 3.8) is 0 Å². The van der Waals surface area contributed by atoms with Crippen molar-refractivity contribution in [2.75, 3.05) is 19.8 Å². The van der Waals surface area contributed by atoms with E-state index in [0.717, 1.165) is 25.9 Å². The van der Waals surface area contributed by atoms with Gasteiger partial charge in [0.1, 0.15) is 6.61 Å². The van der Waals surface area contributed by atoms with Gasteiger partial charge in [0, 0.05) is 13.0 Å². The maximum Gasteiger partial charge on any atom is 0.305 e. The zero-order chi connectivity index (χ0) is 21.3. The van der Waals surface area contributed by atoms with Gasteiger partial charge in [-0.3, -0.25) is 4.79 Å². The third-order valence-electron chi connectivity index (χ3n) is 5.62. The van der Waals surface area contributed by atoms with Crippen molar-refractivity contribution >= 4 is 5.97 Å². The van der Waals surface area contributed by atoms with Crippen molar-refractivity contribution in [1.29, 1.82) is 0 Å². The van der Waals surface area contributed by atoms with Crippen LogP contribution in [0.15, 0.2) is 0 Å². The van der Waals surface area contributed by atoms with E-state index < -0.39 is 0 Å². The lowest BCUT2D eigenvalue weighted by molar-refractivity contribution is -0.145. The zero-order valence-corrected chi connectivity index (χ0v) is 20.0. The standard InChI is InChI=1S/C26H52O3/c1-3-5-7-9-11-12-13-14-15-16-17-19-21-23-28-24-25-29-26(27)22-20-18-10-8-6-4-2/h3-25H2,1-2H3. The van der Waals surface area contributed by atoms with E-state index in [1.54, 1.807) is 0 Å². The van der Waals surface area contributed by atoms with Gasteiger partial charge in [0.05, 0.1) is 6.61 Å². The summed E-state index contributed by atoms with van der Waals surface area (Å²) in [4.78, 5) is 11.6. The lowest BCUT2D eigenvalue weighted by Crippen LogP contribution is -2.10. The van der Waals surface area contributed by atoms with E-state index in [1.807, 2.05) is 0 Å². The molecular weight excluding hydrogens is 360 g/mol. The molecule has 0 amide bonds. The molecule has 0 aromatic heterocycles. The summed E-state index contributed by atoms with van der Waals surface area (Å²) < 4.78 is 10.8. The number of ether oxygens (including phenoxy) is 2. The Hall–Kier alpha value is -0.570. The van der Waals surface area contributed by atoms with Crippen LogP contribution in [-0.2, 0) is 14.3 Å². The second-order valence-electron chi connectivity index (χ2n) is 8.59. The van der Waals surface area contributed by atoms with E-state index in [9.17, 15) is 4.79 Å². The van der Waals surface area contributed by atoms with Gasteiger partial charge in [0.15, 0.2) is 0 Å². The predicted molar refractivity (Wildman–Crippen MR) is 125 cm³/mol. The Kier molecular flexibility index (Phi) is 25.0. The van der Waals surface area contributed by atoms with Crippen molar-refractivity contribution in [1.82, 2.24) is 0 Å². The first kappa shape index (κ1) is 28.4. The van der Waals surface area contributed by atoms with Crippen molar-refractivity contribution in [2.24, 2.45) is 0 Å². The smallest absolute Gasteiger partial charge is 0.305 e. The second-order valence-corrected chi connectivity index (χ2v) is 8.59. The fourth-order valence-corrected chi connectivity index (χ4v) is 3.66. The van der Waals surface area contributed by atoms with E-state index in [2.05, 4.69) is 13.8 Å². The van der Waals surface area contributed by atoms with Crippen molar-refractivity contribution < 1.29 is 14.3 Å². The average molecular weight is 413 g/mol. The molecule has 0 unspecified atom stereocenters. The molecule has 3 nitrogen and oxygen atoms in total. The molecule has 3 heteroatoms. The van der Waals surface area contributed by atoms with Crippen LogP contribution in [0.25, 0.3) is 0 Å². The highest BCUT2D eigenvalue weighted by molar-refractivity contribution is 5.69. The van der Waals surface area contributed by atoms with E-state index in [-0.39, 0.29) is 5.97 Å². The maximum atomic E-state index is 11.6. The van der Waals surface area contributed by atoms with Crippen LogP contribution in [0.2, 0.25) is 0 Å². The van der Waals surface area contributed by atoms with Crippen LogP contribution in [0.1, 0.15) is 142 Å². The highest BCUT2D eigenvalue weighted by atomic mass is 16.6. The summed E-state index contributed by atoms with van der Waals surface area (Å²) in [7, 11) is 0. The van der Waals surface area contributed by atoms with E-state index in [1.165, 1.54) is 103 Å². The summed E-state index contributed by atoms with van der Waals surface area (Å²) in [5, 5.41) is 0. The zero-order valence-electron chi connectivity index (χ0n) is 20.0. The lowest BCUT2D eigenvalue weighted by atomic mass is 10.0. The second kappa shape index (κ2) is 25.5. The molecule has 0 N–H and O–H groups in total. The Balaban J connectivity index is 3.10. The Morgan fingerprint density at radius 3 is 1.38 bits per heavy atom. The van der Waals surface area contributed by atoms with Gasteiger partial charge in [-0.25, -0.2) is 0 Å². The molecule has 0 heterocycles. The SMILES string of the molecule is CCCCCCCCCCCCCCCOCCOC(=O)CCCCCCCC. The van der Waals surface area contributed by atoms with Gasteiger partial charge in [-0.05, 0) is 12.8 Å². The Morgan fingerprint density at radius 1 is 0.483 bits per heavy atom. The van der Waals surface area contributed by atoms with Crippen molar-refractivity contribution in [2.45, 2.75) is 142 Å². The van der Waals surface area contributed by atoms with Gasteiger partial charge in [-0.2, -0.15) is 0 Å². The highest BCUT2D eigenvalue weighted by Gasteiger charge is 2.02. The van der Waals surface area contributed by atoms with Gasteiger partial charge in [-0.1, -0.05) is 123 Å². The summed E-state index contributed by atoms with van der Waals surface area (Å²) in [5.41, 5.74) is 0. The van der Waals surface area contributed by atoms with E-state index in [0.29, 0.717) is 19.6 Å². The molecule has 0 radical (unpaired) electrons. The van der Waals surface area contributed by atoms with Crippen molar-refractivity contribution in [3.05, 3.63) is 0 Å². The fourth-order valence-electron chi connectivity index (χ4n) is 3.66. The quantitative estimate of drug-likeness (QED) is 0.118. The van der Waals surface area contributed by atoms with Gasteiger partial charge in [-0.15, -0.1) is 0 Å². The number of hydrogen-bond donors (Lipinski definition) is 0. The first-order valence-corrected chi connectivity index (χ1v) is 13.0. The van der Waals surface area contributed by atoms with E-state index in [4.69, 9.17) is 9.47 Å². The summed E-state index contributed by atoms with van der Waals surface area (Å²) in [5.74, 6) is -0.0648. The summed E-state index contributed by atoms with van der Waals surface area (Å²) >= 11 is 0. The summed E-state index contributed by atoms with van der Waals surface area (Å²) in [6, 6.07) is 0. The molecule has 0 spiro atoms. The molecule has 0 saturated heterocycles. The molecule has 0 aromatic carbocycles. The predicted octanol–water partition coefficient (Wildman–Crippen LogP) is 8.39. The Bertz CT molecular complexity index is 317. The Morgan fingerprint density at radius 2 is 0.897 bits per heavy atom. The molecule has 0 atom stereocenters. The first-order chi connectivity index (χ1) is 14.3. The minimum Gasteiger partial charge on any atom is -0.463 e. The monoisotopic (exact) mass is 412 g/mol. The molecule has 29 heavy (non-hydrogen) atoms. The molecule has 0 aliphatic heterocycles. The first-order valence-electron chi connectivity index (χ1n) is 13.0. The molecular formula is C26H52O3. The largest absolute Gasteiger partial charge is 0.463 e. The molecule has 0 aliphatic carbocycles. The number of carbonyl (C=O) groups is 1. The molecule has 174 valence electrons. The van der Waals surface area contributed by atoms with Crippen LogP contribution in [0.5, 0.6) is 0 Å². The molecule has 0 saturated carbocycles. The average Bonchev–Trinajstić information content (AvgIpc) is 2.73. The topological polar surface area (TPSA) is 35.5 Å². The van der Waals surface area contributed by atoms with E-state index >= 15 is 0 Å². The molecule has 0 aliphatic rings. The van der Waals surface area contributed by atoms with Crippen LogP contribution in [0.3, 0.4) is 0 Å². The molecule has 0 fully saturated rings. The number of hydrogen-bond acceptors (Lipinski definition) is 3. The van der Waals surface area contributed by atoms with Crippen LogP contribution in [0, 0.1) is 0 Å². The van der Waals surface area contributed by atoms with Gasteiger partial charge in [0.25, 0.3) is 0 Å². The Labute approximate surface area is 182 Å². The van der Waals surface area contributed by atoms with Gasteiger partial charge in [0.2, 0.25) is 0 Å². The highest BCUT2D eigenvalue weighted by Crippen LogP contribution is 2.12. The lowest BCUT2D eigenvalue weighted by Gasteiger charge is -2.06. The summed E-state index contributed by atoms with van der Waals surface area (Å²) in [6.07, 6.45) is 25.6. The third kappa shape index (κ3) is 25.4. The van der Waals surface area contributed by atoms with Crippen LogP contribution < -0.4 is 0 Å². The molecule has 0 aromatic rings. The minimum absolute atomic E-state index is 0.0648. The molecule has 0 rings (SSSR count). The van der Waals surface area contributed by atoms with Gasteiger partial charge >= 0.3 is 5.97 Å². The summed E-state index contributed by atoms with van der Waals surface area (Å²) in [6.45, 7) is 6.25. The maximum absolute atomic E-state index is 11.6. The van der Waals surface area contributed by atoms with Gasteiger partial charge < -0.3 is 9.47 Å². The third-order valence-corrected chi connectivity index (χ3v) is 5.62. The van der Waals surface area contributed by atoms with Crippen LogP contribution in [0.4, 0.5) is 0 Å². The fraction of sp³-hybridized carbons (Fsp3) is 0.962. The number of esters is 1. The molecule has 0 bridgehead atoms. The van der Waals surface area contributed by atoms with Crippen LogP contribution >= 0.6 is 0 Å². The van der Waals surface area contributed by atoms with Crippen LogP contribution in [-0.4, -0.2) is 25.8 Å². The minimum atomic E-state index is -0.0648.